The number of nitrogens with zero attached hydrogens (tertiary/aromatic N) is 3. The van der Waals surface area contributed by atoms with Gasteiger partial charge in [-0.3, -0.25) is 4.79 Å². The first-order chi connectivity index (χ1) is 11.8. The van der Waals surface area contributed by atoms with Crippen molar-refractivity contribution in [3.8, 4) is 0 Å². The van der Waals surface area contributed by atoms with Crippen molar-refractivity contribution in [3.05, 3.63) is 59.8 Å². The second-order valence-electron chi connectivity index (χ2n) is 6.41. The van der Waals surface area contributed by atoms with Crippen LogP contribution in [0, 0.1) is 0 Å². The van der Waals surface area contributed by atoms with E-state index in [4.69, 9.17) is 0 Å². The highest BCUT2D eigenvalue weighted by atomic mass is 35.5. The van der Waals surface area contributed by atoms with Gasteiger partial charge in [-0.25, -0.2) is 4.98 Å². The van der Waals surface area contributed by atoms with Crippen LogP contribution in [0.25, 0.3) is 0 Å². The molecule has 2 aromatic rings. The molecule has 0 aliphatic carbocycles. The summed E-state index contributed by atoms with van der Waals surface area (Å²) >= 11 is 0. The van der Waals surface area contributed by atoms with Crippen LogP contribution in [-0.2, 0) is 17.8 Å². The fourth-order valence-corrected chi connectivity index (χ4v) is 3.55. The first-order valence-electron chi connectivity index (χ1n) is 8.56. The lowest BCUT2D eigenvalue weighted by Crippen LogP contribution is -2.55. The zero-order valence-corrected chi connectivity index (χ0v) is 16.1. The quantitative estimate of drug-likeness (QED) is 0.848. The summed E-state index contributed by atoms with van der Waals surface area (Å²) in [5.41, 5.74) is 2.60. The smallest absolute Gasteiger partial charge is 0.240 e. The van der Waals surface area contributed by atoms with Crippen LogP contribution < -0.4 is 10.2 Å². The minimum Gasteiger partial charge on any atom is -0.353 e. The molecule has 2 aliphatic heterocycles. The number of benzene rings is 1. The molecule has 0 spiro atoms. The Morgan fingerprint density at radius 3 is 2.35 bits per heavy atom. The Kier molecular flexibility index (Phi) is 7.26. The maximum absolute atomic E-state index is 12.8. The minimum atomic E-state index is -0.0960. The first kappa shape index (κ1) is 20.5. The summed E-state index contributed by atoms with van der Waals surface area (Å²) < 4.78 is 0. The largest absolute Gasteiger partial charge is 0.353 e. The summed E-state index contributed by atoms with van der Waals surface area (Å²) in [4.78, 5) is 21.5. The van der Waals surface area contributed by atoms with Crippen LogP contribution in [-0.4, -0.2) is 48.0 Å². The summed E-state index contributed by atoms with van der Waals surface area (Å²) in [7, 11) is 0. The number of aromatic nitrogens is 1. The van der Waals surface area contributed by atoms with Crippen molar-refractivity contribution in [2.75, 3.05) is 31.1 Å². The van der Waals surface area contributed by atoms with Gasteiger partial charge < -0.3 is 15.1 Å². The molecule has 1 saturated heterocycles. The van der Waals surface area contributed by atoms with Gasteiger partial charge in [0, 0.05) is 38.9 Å². The molecule has 26 heavy (non-hydrogen) atoms. The highest BCUT2D eigenvalue weighted by Gasteiger charge is 2.30. The van der Waals surface area contributed by atoms with Crippen molar-refractivity contribution in [1.29, 1.82) is 0 Å². The normalized spacial score (nSPS) is 19.0. The van der Waals surface area contributed by atoms with E-state index in [1.54, 1.807) is 0 Å². The molecule has 2 aliphatic rings. The van der Waals surface area contributed by atoms with Crippen molar-refractivity contribution in [2.45, 2.75) is 19.0 Å². The van der Waals surface area contributed by atoms with Gasteiger partial charge in [0.05, 0.1) is 6.04 Å². The number of halogens is 2. The Hall–Kier alpha value is -1.82. The number of amides is 1. The van der Waals surface area contributed by atoms with E-state index in [-0.39, 0.29) is 36.8 Å². The zero-order chi connectivity index (χ0) is 16.4. The van der Waals surface area contributed by atoms with Crippen molar-refractivity contribution in [1.82, 2.24) is 15.2 Å². The van der Waals surface area contributed by atoms with E-state index in [0.29, 0.717) is 0 Å². The van der Waals surface area contributed by atoms with Gasteiger partial charge in [0.2, 0.25) is 5.91 Å². The second-order valence-corrected chi connectivity index (χ2v) is 6.41. The molecule has 1 atom stereocenters. The fraction of sp³-hybridized carbons (Fsp3) is 0.368. The van der Waals surface area contributed by atoms with E-state index in [2.05, 4.69) is 39.5 Å². The number of piperazine rings is 1. The average molecular weight is 395 g/mol. The van der Waals surface area contributed by atoms with Gasteiger partial charge in [0.15, 0.2) is 0 Å². The number of hydrogen-bond acceptors (Lipinski definition) is 4. The van der Waals surface area contributed by atoms with Crippen LogP contribution in [0.3, 0.4) is 0 Å². The number of carbonyl (C=O) groups is 1. The number of fused-ring (bicyclic) bond motifs is 1. The molecule has 1 unspecified atom stereocenters. The topological polar surface area (TPSA) is 48.5 Å². The molecule has 1 fully saturated rings. The summed E-state index contributed by atoms with van der Waals surface area (Å²) in [6.45, 7) is 3.98. The zero-order valence-electron chi connectivity index (χ0n) is 14.5. The lowest BCUT2D eigenvalue weighted by atomic mass is 9.95. The molecular formula is C19H24Cl2N4O. The first-order valence-corrected chi connectivity index (χ1v) is 8.56. The average Bonchev–Trinajstić information content (AvgIpc) is 2.68. The number of hydrogen-bond donors (Lipinski definition) is 1. The molecule has 0 radical (unpaired) electrons. The third-order valence-corrected chi connectivity index (χ3v) is 4.94. The molecule has 140 valence electrons. The predicted octanol–water partition coefficient (Wildman–Crippen LogP) is 2.29. The van der Waals surface area contributed by atoms with Crippen molar-refractivity contribution in [2.24, 2.45) is 0 Å². The van der Waals surface area contributed by atoms with Crippen LogP contribution in [0.2, 0.25) is 0 Å². The fourth-order valence-electron chi connectivity index (χ4n) is 3.55. The molecule has 1 aromatic carbocycles. The SMILES string of the molecule is Cl.Cl.O=C(C1Cc2ccccc2CN1)N1CCN(c2ccccn2)CC1. The third-order valence-electron chi connectivity index (χ3n) is 4.94. The van der Waals surface area contributed by atoms with E-state index in [1.165, 1.54) is 11.1 Å². The lowest BCUT2D eigenvalue weighted by Gasteiger charge is -2.38. The molecule has 0 bridgehead atoms. The summed E-state index contributed by atoms with van der Waals surface area (Å²) in [6.07, 6.45) is 2.60. The highest BCUT2D eigenvalue weighted by molar-refractivity contribution is 5.85. The van der Waals surface area contributed by atoms with E-state index in [1.807, 2.05) is 29.3 Å². The van der Waals surface area contributed by atoms with Crippen LogP contribution in [0.15, 0.2) is 48.7 Å². The van der Waals surface area contributed by atoms with Crippen LogP contribution in [0.5, 0.6) is 0 Å². The monoisotopic (exact) mass is 394 g/mol. The molecule has 1 aromatic heterocycles. The maximum atomic E-state index is 12.8. The summed E-state index contributed by atoms with van der Waals surface area (Å²) in [5.74, 6) is 1.22. The Morgan fingerprint density at radius 2 is 1.65 bits per heavy atom. The van der Waals surface area contributed by atoms with E-state index < -0.39 is 0 Å². The second kappa shape index (κ2) is 9.21. The molecule has 1 N–H and O–H groups in total. The molecule has 0 saturated carbocycles. The van der Waals surface area contributed by atoms with Crippen LogP contribution >= 0.6 is 24.8 Å². The number of nitrogens with one attached hydrogen (secondary N) is 1. The Morgan fingerprint density at radius 1 is 0.962 bits per heavy atom. The van der Waals surface area contributed by atoms with Crippen molar-refractivity contribution >= 4 is 36.5 Å². The van der Waals surface area contributed by atoms with Crippen molar-refractivity contribution in [3.63, 3.8) is 0 Å². The van der Waals surface area contributed by atoms with Gasteiger partial charge in [-0.2, -0.15) is 0 Å². The molecule has 1 amide bonds. The Bertz CT molecular complexity index is 720. The molecule has 4 rings (SSSR count). The lowest BCUT2D eigenvalue weighted by molar-refractivity contribution is -0.134. The maximum Gasteiger partial charge on any atom is 0.240 e. The van der Waals surface area contributed by atoms with Gasteiger partial charge in [-0.1, -0.05) is 30.3 Å². The predicted molar refractivity (Wildman–Crippen MR) is 108 cm³/mol. The van der Waals surface area contributed by atoms with E-state index in [0.717, 1.165) is 45.0 Å². The van der Waals surface area contributed by atoms with E-state index >= 15 is 0 Å². The minimum absolute atomic E-state index is 0. The molecule has 5 nitrogen and oxygen atoms in total. The Labute approximate surface area is 166 Å². The van der Waals surface area contributed by atoms with Crippen molar-refractivity contribution < 1.29 is 4.79 Å². The van der Waals surface area contributed by atoms with Gasteiger partial charge in [-0.05, 0) is 29.7 Å². The standard InChI is InChI=1S/C19H22N4O.2ClH/c24-19(17-13-15-5-1-2-6-16(15)14-21-17)23-11-9-22(10-12-23)18-7-3-4-8-20-18;;/h1-8,17,21H,9-14H2;2*1H. The van der Waals surface area contributed by atoms with Gasteiger partial charge in [-0.15, -0.1) is 24.8 Å². The van der Waals surface area contributed by atoms with Gasteiger partial charge >= 0.3 is 0 Å². The third kappa shape index (κ3) is 4.29. The molecule has 7 heteroatoms. The summed E-state index contributed by atoms with van der Waals surface area (Å²) in [5, 5.41) is 3.40. The van der Waals surface area contributed by atoms with Crippen LogP contribution in [0.4, 0.5) is 5.82 Å². The number of anilines is 1. The summed E-state index contributed by atoms with van der Waals surface area (Å²) in [6, 6.07) is 14.2. The number of carbonyl (C=O) groups excluding carboxylic acids is 1. The number of rotatable bonds is 2. The Balaban J connectivity index is 0.00000121. The van der Waals surface area contributed by atoms with E-state index in [9.17, 15) is 4.79 Å². The highest BCUT2D eigenvalue weighted by Crippen LogP contribution is 2.19. The molecular weight excluding hydrogens is 371 g/mol. The van der Waals surface area contributed by atoms with Crippen LogP contribution in [0.1, 0.15) is 11.1 Å². The van der Waals surface area contributed by atoms with Gasteiger partial charge in [0.1, 0.15) is 5.82 Å². The van der Waals surface area contributed by atoms with Gasteiger partial charge in [0.25, 0.3) is 0 Å². The molecule has 3 heterocycles. The number of pyridine rings is 1.